The van der Waals surface area contributed by atoms with Crippen LogP contribution in [0.1, 0.15) is 18.6 Å². The van der Waals surface area contributed by atoms with Gasteiger partial charge in [0.1, 0.15) is 5.76 Å². The summed E-state index contributed by atoms with van der Waals surface area (Å²) in [6, 6.07) is 3.46. The van der Waals surface area contributed by atoms with E-state index in [2.05, 4.69) is 5.32 Å². The van der Waals surface area contributed by atoms with E-state index < -0.39 is 11.9 Å². The molecule has 6 nitrogen and oxygen atoms in total. The summed E-state index contributed by atoms with van der Waals surface area (Å²) in [5, 5.41) is 11.8. The first kappa shape index (κ1) is 13.5. The Morgan fingerprint density at radius 2 is 2.37 bits per heavy atom. The number of nitrogens with zero attached hydrogens (tertiary/aromatic N) is 1. The van der Waals surface area contributed by atoms with Gasteiger partial charge < -0.3 is 19.7 Å². The van der Waals surface area contributed by atoms with Gasteiger partial charge in [0.2, 0.25) is 0 Å². The highest BCUT2D eigenvalue weighted by Gasteiger charge is 2.27. The van der Waals surface area contributed by atoms with Crippen molar-refractivity contribution in [1.29, 1.82) is 0 Å². The molecule has 0 aromatic carbocycles. The lowest BCUT2D eigenvalue weighted by Gasteiger charge is -2.30. The second-order valence-corrected chi connectivity index (χ2v) is 4.68. The van der Waals surface area contributed by atoms with Gasteiger partial charge in [0.25, 0.3) is 0 Å². The number of nitrogens with one attached hydrogen (secondary N) is 1. The second-order valence-electron chi connectivity index (χ2n) is 4.68. The monoisotopic (exact) mass is 266 g/mol. The molecule has 1 aliphatic rings. The Morgan fingerprint density at radius 1 is 1.53 bits per heavy atom. The Hall–Kier alpha value is -1.98. The van der Waals surface area contributed by atoms with Crippen molar-refractivity contribution in [2.45, 2.75) is 19.3 Å². The number of hydrogen-bond donors (Lipinski definition) is 2. The zero-order valence-electron chi connectivity index (χ0n) is 10.7. The number of carboxylic acid groups (broad SMARTS) is 1. The standard InChI is InChI=1S/C13H18N2O4/c16-12(17)10-3-1-7-15(9-10)13(18)14-6-5-11-4-2-8-19-11/h2,4,8,10H,1,3,5-7,9H2,(H,14,18)(H,16,17). The van der Waals surface area contributed by atoms with Crippen molar-refractivity contribution in [1.82, 2.24) is 10.2 Å². The first-order valence-corrected chi connectivity index (χ1v) is 6.45. The summed E-state index contributed by atoms with van der Waals surface area (Å²) in [6.07, 6.45) is 3.61. The van der Waals surface area contributed by atoms with Gasteiger partial charge in [0.15, 0.2) is 0 Å². The highest BCUT2D eigenvalue weighted by molar-refractivity contribution is 5.76. The van der Waals surface area contributed by atoms with Gasteiger partial charge in [0.05, 0.1) is 12.2 Å². The lowest BCUT2D eigenvalue weighted by atomic mass is 9.99. The number of carbonyl (C=O) groups excluding carboxylic acids is 1. The smallest absolute Gasteiger partial charge is 0.317 e. The topological polar surface area (TPSA) is 82.8 Å². The number of hydrogen-bond acceptors (Lipinski definition) is 3. The summed E-state index contributed by atoms with van der Waals surface area (Å²) in [6.45, 7) is 1.40. The number of rotatable bonds is 4. The van der Waals surface area contributed by atoms with Crippen LogP contribution in [0.3, 0.4) is 0 Å². The normalized spacial score (nSPS) is 19.2. The molecule has 1 aliphatic heterocycles. The van der Waals surface area contributed by atoms with Gasteiger partial charge >= 0.3 is 12.0 Å². The van der Waals surface area contributed by atoms with E-state index in [0.717, 1.165) is 12.2 Å². The Morgan fingerprint density at radius 3 is 3.05 bits per heavy atom. The van der Waals surface area contributed by atoms with Gasteiger partial charge in [-0.1, -0.05) is 0 Å². The summed E-state index contributed by atoms with van der Waals surface area (Å²) in [7, 11) is 0. The molecule has 0 radical (unpaired) electrons. The minimum absolute atomic E-state index is 0.197. The highest BCUT2D eigenvalue weighted by Crippen LogP contribution is 2.16. The minimum Gasteiger partial charge on any atom is -0.481 e. The fourth-order valence-electron chi connectivity index (χ4n) is 2.22. The van der Waals surface area contributed by atoms with Crippen molar-refractivity contribution < 1.29 is 19.1 Å². The number of urea groups is 1. The van der Waals surface area contributed by atoms with Gasteiger partial charge in [-0.3, -0.25) is 4.79 Å². The van der Waals surface area contributed by atoms with Crippen LogP contribution in [0.15, 0.2) is 22.8 Å². The predicted octanol–water partition coefficient (Wildman–Crippen LogP) is 1.33. The quantitative estimate of drug-likeness (QED) is 0.861. The molecule has 2 heterocycles. The summed E-state index contributed by atoms with van der Waals surface area (Å²) in [5.41, 5.74) is 0. The van der Waals surface area contributed by atoms with Crippen molar-refractivity contribution in [2.24, 2.45) is 5.92 Å². The van der Waals surface area contributed by atoms with Crippen LogP contribution in [0.4, 0.5) is 4.79 Å². The van der Waals surface area contributed by atoms with E-state index >= 15 is 0 Å². The number of piperidine rings is 1. The summed E-state index contributed by atoms with van der Waals surface area (Å²) < 4.78 is 5.17. The van der Waals surface area contributed by atoms with E-state index in [0.29, 0.717) is 32.5 Å². The molecule has 0 spiro atoms. The summed E-state index contributed by atoms with van der Waals surface area (Å²) in [5.74, 6) is -0.444. The van der Waals surface area contributed by atoms with Crippen molar-refractivity contribution in [3.8, 4) is 0 Å². The second kappa shape index (κ2) is 6.26. The highest BCUT2D eigenvalue weighted by atomic mass is 16.4. The summed E-state index contributed by atoms with van der Waals surface area (Å²) >= 11 is 0. The molecule has 0 bridgehead atoms. The van der Waals surface area contributed by atoms with Crippen molar-refractivity contribution in [3.63, 3.8) is 0 Å². The average Bonchev–Trinajstić information content (AvgIpc) is 2.92. The maximum absolute atomic E-state index is 11.9. The van der Waals surface area contributed by atoms with E-state index in [4.69, 9.17) is 9.52 Å². The maximum Gasteiger partial charge on any atom is 0.317 e. The third-order valence-corrected chi connectivity index (χ3v) is 3.29. The molecular formula is C13H18N2O4. The summed E-state index contributed by atoms with van der Waals surface area (Å²) in [4.78, 5) is 24.4. The van der Waals surface area contributed by atoms with Crippen molar-refractivity contribution >= 4 is 12.0 Å². The number of likely N-dealkylation sites (tertiary alicyclic amines) is 1. The SMILES string of the molecule is O=C(O)C1CCCN(C(=O)NCCc2ccco2)C1. The molecule has 19 heavy (non-hydrogen) atoms. The van der Waals surface area contributed by atoms with E-state index in [1.807, 2.05) is 6.07 Å². The Balaban J connectivity index is 1.74. The molecule has 0 saturated carbocycles. The van der Waals surface area contributed by atoms with Crippen LogP contribution in [0.25, 0.3) is 0 Å². The number of amides is 2. The van der Waals surface area contributed by atoms with E-state index in [9.17, 15) is 9.59 Å². The average molecular weight is 266 g/mol. The van der Waals surface area contributed by atoms with Gasteiger partial charge in [-0.15, -0.1) is 0 Å². The first-order chi connectivity index (χ1) is 9.16. The Labute approximate surface area is 111 Å². The number of aliphatic carboxylic acids is 1. The maximum atomic E-state index is 11.9. The van der Waals surface area contributed by atoms with Crippen molar-refractivity contribution in [2.75, 3.05) is 19.6 Å². The van der Waals surface area contributed by atoms with Gasteiger partial charge in [0, 0.05) is 26.1 Å². The van der Waals surface area contributed by atoms with Crippen LogP contribution in [0.2, 0.25) is 0 Å². The molecule has 2 amide bonds. The molecular weight excluding hydrogens is 248 g/mol. The van der Waals surface area contributed by atoms with Gasteiger partial charge in [-0.25, -0.2) is 4.79 Å². The van der Waals surface area contributed by atoms with E-state index in [-0.39, 0.29) is 6.03 Å². The molecule has 1 fully saturated rings. The van der Waals surface area contributed by atoms with E-state index in [1.54, 1.807) is 17.2 Å². The van der Waals surface area contributed by atoms with Crippen molar-refractivity contribution in [3.05, 3.63) is 24.2 Å². The van der Waals surface area contributed by atoms with Crippen LogP contribution in [-0.4, -0.2) is 41.6 Å². The van der Waals surface area contributed by atoms with Crippen LogP contribution in [-0.2, 0) is 11.2 Å². The largest absolute Gasteiger partial charge is 0.481 e. The zero-order chi connectivity index (χ0) is 13.7. The Kier molecular flexibility index (Phi) is 4.43. The predicted molar refractivity (Wildman–Crippen MR) is 67.7 cm³/mol. The van der Waals surface area contributed by atoms with Crippen LogP contribution >= 0.6 is 0 Å². The van der Waals surface area contributed by atoms with Crippen LogP contribution < -0.4 is 5.32 Å². The lowest BCUT2D eigenvalue weighted by Crippen LogP contribution is -2.47. The third-order valence-electron chi connectivity index (χ3n) is 3.29. The molecule has 6 heteroatoms. The van der Waals surface area contributed by atoms with E-state index in [1.165, 1.54) is 0 Å². The molecule has 1 atom stereocenters. The number of carboxylic acids is 1. The molecule has 2 N–H and O–H groups in total. The fourth-order valence-corrected chi connectivity index (χ4v) is 2.22. The lowest BCUT2D eigenvalue weighted by molar-refractivity contribution is -0.143. The Bertz CT molecular complexity index is 430. The zero-order valence-corrected chi connectivity index (χ0v) is 10.7. The molecule has 1 saturated heterocycles. The first-order valence-electron chi connectivity index (χ1n) is 6.45. The van der Waals surface area contributed by atoms with Gasteiger partial charge in [-0.2, -0.15) is 0 Å². The molecule has 104 valence electrons. The molecule has 1 unspecified atom stereocenters. The number of carbonyl (C=O) groups is 2. The van der Waals surface area contributed by atoms with Crippen LogP contribution in [0.5, 0.6) is 0 Å². The van der Waals surface area contributed by atoms with Crippen LogP contribution in [0, 0.1) is 5.92 Å². The van der Waals surface area contributed by atoms with Gasteiger partial charge in [-0.05, 0) is 25.0 Å². The fraction of sp³-hybridized carbons (Fsp3) is 0.538. The molecule has 0 aliphatic carbocycles. The molecule has 2 rings (SSSR count). The molecule has 1 aromatic rings. The minimum atomic E-state index is -0.826. The third kappa shape index (κ3) is 3.74. The number of furan rings is 1. The molecule has 1 aromatic heterocycles.